The van der Waals surface area contributed by atoms with Gasteiger partial charge in [-0.1, -0.05) is 54.6 Å². The van der Waals surface area contributed by atoms with Crippen LogP contribution in [0.3, 0.4) is 0 Å². The molecule has 0 bridgehead atoms. The molecule has 0 amide bonds. The van der Waals surface area contributed by atoms with Crippen LogP contribution in [0.15, 0.2) is 103 Å². The van der Waals surface area contributed by atoms with Crippen LogP contribution in [0.5, 0.6) is 0 Å². The summed E-state index contributed by atoms with van der Waals surface area (Å²) < 4.78 is 5.60. The Hall–Kier alpha value is -2.37. The number of rotatable bonds is 6. The van der Waals surface area contributed by atoms with Gasteiger partial charge < -0.3 is 4.74 Å². The van der Waals surface area contributed by atoms with Crippen LogP contribution < -0.4 is 15.9 Å². The van der Waals surface area contributed by atoms with E-state index >= 15 is 0 Å². The van der Waals surface area contributed by atoms with E-state index in [1.54, 1.807) is 0 Å². The van der Waals surface area contributed by atoms with E-state index in [9.17, 15) is 0 Å². The van der Waals surface area contributed by atoms with E-state index in [0.29, 0.717) is 6.61 Å². The maximum Gasteiger partial charge on any atom is 0.140 e. The van der Waals surface area contributed by atoms with Gasteiger partial charge in [0.05, 0.1) is 6.61 Å². The first kappa shape index (κ1) is 16.5. The average molecular weight is 333 g/mol. The molecule has 0 heterocycles. The average Bonchev–Trinajstić information content (AvgIpc) is 2.68. The molecule has 3 rings (SSSR count). The van der Waals surface area contributed by atoms with Crippen molar-refractivity contribution in [3.63, 3.8) is 0 Å². The zero-order valence-corrected chi connectivity index (χ0v) is 14.8. The first-order chi connectivity index (χ1) is 11.9. The highest BCUT2D eigenvalue weighted by molar-refractivity contribution is 7.98. The summed E-state index contributed by atoms with van der Waals surface area (Å²) in [5.41, 5.74) is 0. The Kier molecular flexibility index (Phi) is 5.46. The third-order valence-corrected chi connectivity index (χ3v) is 7.94. The Morgan fingerprint density at radius 2 is 1.04 bits per heavy atom. The van der Waals surface area contributed by atoms with E-state index in [4.69, 9.17) is 4.74 Å². The van der Waals surface area contributed by atoms with Gasteiger partial charge in [-0.25, -0.2) is 0 Å². The lowest BCUT2D eigenvalue weighted by Gasteiger charge is -2.23. The molecular weight excluding hydrogens is 311 g/mol. The van der Waals surface area contributed by atoms with Crippen molar-refractivity contribution in [2.75, 3.05) is 6.61 Å². The maximum atomic E-state index is 5.60. The van der Waals surface area contributed by atoms with E-state index in [0.717, 1.165) is 0 Å². The Morgan fingerprint density at radius 3 is 1.38 bits per heavy atom. The molecule has 1 nitrogen and oxygen atoms in total. The largest absolute Gasteiger partial charge is 0.498 e. The minimum atomic E-state index is -1.89. The lowest BCUT2D eigenvalue weighted by molar-refractivity contribution is 0.270. The van der Waals surface area contributed by atoms with Crippen LogP contribution in [0.1, 0.15) is 6.92 Å². The van der Waals surface area contributed by atoms with Gasteiger partial charge in [-0.3, -0.25) is 0 Å². The molecule has 0 atom stereocenters. The fourth-order valence-corrected chi connectivity index (χ4v) is 6.53. The van der Waals surface area contributed by atoms with Crippen LogP contribution in [0.25, 0.3) is 0 Å². The first-order valence-corrected chi connectivity index (χ1v) is 10.1. The summed E-state index contributed by atoms with van der Waals surface area (Å²) in [6, 6.07) is 32.3. The summed E-state index contributed by atoms with van der Waals surface area (Å²) in [7, 11) is -1.89. The molecule has 0 aliphatic heterocycles. The Labute approximate surface area is 145 Å². The van der Waals surface area contributed by atoms with E-state index in [1.165, 1.54) is 15.9 Å². The van der Waals surface area contributed by atoms with Gasteiger partial charge in [0.1, 0.15) is 35.3 Å². The van der Waals surface area contributed by atoms with Crippen molar-refractivity contribution in [3.05, 3.63) is 103 Å². The normalized spacial score (nSPS) is 11.5. The van der Waals surface area contributed by atoms with Crippen LogP contribution in [-0.4, -0.2) is 6.61 Å². The van der Waals surface area contributed by atoms with Gasteiger partial charge in [0.15, 0.2) is 0 Å². The highest BCUT2D eigenvalue weighted by atomic mass is 31.2. The molecule has 0 saturated heterocycles. The first-order valence-electron chi connectivity index (χ1n) is 8.23. The van der Waals surface area contributed by atoms with Crippen LogP contribution in [0.2, 0.25) is 0 Å². The van der Waals surface area contributed by atoms with Gasteiger partial charge >= 0.3 is 0 Å². The van der Waals surface area contributed by atoms with Crippen molar-refractivity contribution in [2.45, 2.75) is 6.92 Å². The number of hydrogen-bond donors (Lipinski definition) is 0. The van der Waals surface area contributed by atoms with Gasteiger partial charge in [0.25, 0.3) is 0 Å². The van der Waals surface area contributed by atoms with E-state index in [2.05, 4.69) is 96.8 Å². The predicted molar refractivity (Wildman–Crippen MR) is 106 cm³/mol. The molecule has 0 aliphatic rings. The van der Waals surface area contributed by atoms with Crippen molar-refractivity contribution >= 4 is 23.2 Å². The van der Waals surface area contributed by atoms with Gasteiger partial charge in [0.2, 0.25) is 0 Å². The Bertz CT molecular complexity index is 670. The van der Waals surface area contributed by atoms with Gasteiger partial charge in [0, 0.05) is 0 Å². The molecule has 0 fully saturated rings. The summed E-state index contributed by atoms with van der Waals surface area (Å²) in [6.07, 6.45) is 1.88. The van der Waals surface area contributed by atoms with E-state index < -0.39 is 7.26 Å². The summed E-state index contributed by atoms with van der Waals surface area (Å²) >= 11 is 0. The SMILES string of the molecule is CCOC=C[P+](c1ccccc1)(c1ccccc1)c1ccccc1. The molecule has 3 aromatic rings. The molecule has 3 aromatic carbocycles. The molecule has 0 unspecified atom stereocenters. The fourth-order valence-electron chi connectivity index (χ4n) is 2.93. The fraction of sp³-hybridized carbons (Fsp3) is 0.0909. The van der Waals surface area contributed by atoms with Crippen molar-refractivity contribution < 1.29 is 4.74 Å². The van der Waals surface area contributed by atoms with Crippen molar-refractivity contribution in [3.8, 4) is 0 Å². The van der Waals surface area contributed by atoms with Crippen LogP contribution in [0.4, 0.5) is 0 Å². The van der Waals surface area contributed by atoms with Crippen LogP contribution in [0, 0.1) is 0 Å². The van der Waals surface area contributed by atoms with Gasteiger partial charge in [-0.15, -0.1) is 0 Å². The predicted octanol–water partition coefficient (Wildman–Crippen LogP) is 4.49. The molecule has 0 N–H and O–H groups in total. The summed E-state index contributed by atoms with van der Waals surface area (Å²) in [5, 5.41) is 4.00. The lowest BCUT2D eigenvalue weighted by atomic mass is 10.4. The van der Waals surface area contributed by atoms with Crippen LogP contribution >= 0.6 is 7.26 Å². The minimum Gasteiger partial charge on any atom is -0.498 e. The van der Waals surface area contributed by atoms with Crippen LogP contribution in [-0.2, 0) is 4.74 Å². The highest BCUT2D eigenvalue weighted by Crippen LogP contribution is 2.56. The quantitative estimate of drug-likeness (QED) is 0.477. The third kappa shape index (κ3) is 3.27. The lowest BCUT2D eigenvalue weighted by Crippen LogP contribution is -2.29. The minimum absolute atomic E-state index is 0.675. The second kappa shape index (κ2) is 7.95. The van der Waals surface area contributed by atoms with Crippen molar-refractivity contribution in [1.29, 1.82) is 0 Å². The van der Waals surface area contributed by atoms with Crippen molar-refractivity contribution in [1.82, 2.24) is 0 Å². The molecule has 2 heteroatoms. The molecular formula is C22H22OP+. The topological polar surface area (TPSA) is 9.23 Å². The van der Waals surface area contributed by atoms with E-state index in [-0.39, 0.29) is 0 Å². The summed E-state index contributed by atoms with van der Waals surface area (Å²) in [6.45, 7) is 2.69. The van der Waals surface area contributed by atoms with E-state index in [1.807, 2.05) is 13.2 Å². The molecule has 24 heavy (non-hydrogen) atoms. The molecule has 0 radical (unpaired) electrons. The second-order valence-corrected chi connectivity index (χ2v) is 8.76. The second-order valence-electron chi connectivity index (χ2n) is 5.47. The third-order valence-electron chi connectivity index (χ3n) is 4.04. The molecule has 0 aliphatic carbocycles. The summed E-state index contributed by atoms with van der Waals surface area (Å²) in [4.78, 5) is 0. The Morgan fingerprint density at radius 1 is 0.667 bits per heavy atom. The molecule has 120 valence electrons. The zero-order valence-electron chi connectivity index (χ0n) is 13.9. The van der Waals surface area contributed by atoms with Gasteiger partial charge in [-0.05, 0) is 43.3 Å². The summed E-state index contributed by atoms with van der Waals surface area (Å²) in [5.74, 6) is 2.27. The molecule has 0 spiro atoms. The monoisotopic (exact) mass is 333 g/mol. The number of ether oxygens (including phenoxy) is 1. The van der Waals surface area contributed by atoms with Crippen molar-refractivity contribution in [2.24, 2.45) is 0 Å². The smallest absolute Gasteiger partial charge is 0.140 e. The number of benzene rings is 3. The zero-order chi connectivity index (χ0) is 16.7. The Balaban J connectivity index is 2.28. The highest BCUT2D eigenvalue weighted by Gasteiger charge is 2.43. The molecule has 0 aromatic heterocycles. The molecule has 0 saturated carbocycles. The maximum absolute atomic E-state index is 5.60. The standard InChI is InChI=1S/C22H22OP/c1-2-23-18-19-24(20-12-6-3-7-13-20,21-14-8-4-9-15-21)22-16-10-5-11-17-22/h3-19H,2H2,1H3/q+1. The van der Waals surface area contributed by atoms with Gasteiger partial charge in [-0.2, -0.15) is 0 Å². The number of hydrogen-bond acceptors (Lipinski definition) is 1.